The van der Waals surface area contributed by atoms with Crippen LogP contribution in [0.4, 0.5) is 22.4 Å². The van der Waals surface area contributed by atoms with Crippen molar-refractivity contribution in [3.63, 3.8) is 0 Å². The van der Waals surface area contributed by atoms with Gasteiger partial charge in [0.2, 0.25) is 5.95 Å². The van der Waals surface area contributed by atoms with Crippen LogP contribution in [0.25, 0.3) is 0 Å². The van der Waals surface area contributed by atoms with Crippen LogP contribution in [0.2, 0.25) is 0 Å². The predicted octanol–water partition coefficient (Wildman–Crippen LogP) is 2.87. The van der Waals surface area contributed by atoms with Gasteiger partial charge in [0.1, 0.15) is 17.2 Å². The molecule has 4 N–H and O–H groups in total. The number of alkyl carbamates (subject to hydrolysis) is 1. The minimum absolute atomic E-state index is 0.264. The number of anilines is 3. The number of carbonyl (C=O) groups is 1. The molecule has 0 saturated carbocycles. The van der Waals surface area contributed by atoms with Crippen molar-refractivity contribution < 1.29 is 9.53 Å². The fourth-order valence-corrected chi connectivity index (χ4v) is 2.70. The molecule has 8 heteroatoms. The second-order valence-electron chi connectivity index (χ2n) is 9.36. The SMILES string of the molecule is CC(C)(C)CCNc1cc(N2CC(CNC(=O)OC(C)(C)C)C2)nc(N)n1. The van der Waals surface area contributed by atoms with Gasteiger partial charge in [0.15, 0.2) is 0 Å². The first kappa shape index (κ1) is 21.1. The fourth-order valence-electron chi connectivity index (χ4n) is 2.70. The molecule has 2 heterocycles. The van der Waals surface area contributed by atoms with Crippen LogP contribution in [-0.2, 0) is 4.74 Å². The Hall–Kier alpha value is -2.25. The topological polar surface area (TPSA) is 105 Å². The maximum Gasteiger partial charge on any atom is 0.407 e. The number of nitrogen functional groups attached to an aromatic ring is 1. The second-order valence-corrected chi connectivity index (χ2v) is 9.36. The highest BCUT2D eigenvalue weighted by molar-refractivity contribution is 5.67. The molecule has 0 radical (unpaired) electrons. The van der Waals surface area contributed by atoms with Gasteiger partial charge in [0.25, 0.3) is 0 Å². The van der Waals surface area contributed by atoms with Gasteiger partial charge in [-0.3, -0.25) is 0 Å². The van der Waals surface area contributed by atoms with Gasteiger partial charge in [-0.15, -0.1) is 0 Å². The first-order valence-electron chi connectivity index (χ1n) is 9.51. The van der Waals surface area contributed by atoms with E-state index in [-0.39, 0.29) is 17.5 Å². The van der Waals surface area contributed by atoms with Crippen LogP contribution in [0, 0.1) is 11.3 Å². The lowest BCUT2D eigenvalue weighted by atomic mass is 9.92. The number of rotatable bonds is 6. The zero-order valence-corrected chi connectivity index (χ0v) is 17.4. The standard InChI is InChI=1S/C19H34N6O2/c1-18(2,3)7-8-21-14-9-15(24-16(20)23-14)25-11-13(12-25)10-22-17(26)27-19(4,5)6/h9,13H,7-8,10-12H2,1-6H3,(H,22,26)(H3,20,21,23,24). The monoisotopic (exact) mass is 378 g/mol. The molecule has 1 aromatic rings. The van der Waals surface area contributed by atoms with E-state index in [1.807, 2.05) is 26.8 Å². The molecule has 0 atom stereocenters. The van der Waals surface area contributed by atoms with Gasteiger partial charge in [-0.05, 0) is 32.6 Å². The quantitative estimate of drug-likeness (QED) is 0.699. The van der Waals surface area contributed by atoms with Gasteiger partial charge in [-0.1, -0.05) is 20.8 Å². The average molecular weight is 379 g/mol. The minimum atomic E-state index is -0.482. The Kier molecular flexibility index (Phi) is 6.38. The largest absolute Gasteiger partial charge is 0.444 e. The highest BCUT2D eigenvalue weighted by Gasteiger charge is 2.29. The van der Waals surface area contributed by atoms with Gasteiger partial charge in [-0.2, -0.15) is 9.97 Å². The highest BCUT2D eigenvalue weighted by Crippen LogP contribution is 2.25. The van der Waals surface area contributed by atoms with E-state index in [9.17, 15) is 4.79 Å². The number of hydrogen-bond acceptors (Lipinski definition) is 7. The lowest BCUT2D eigenvalue weighted by Crippen LogP contribution is -2.52. The van der Waals surface area contributed by atoms with E-state index in [0.717, 1.165) is 37.7 Å². The first-order valence-corrected chi connectivity index (χ1v) is 9.51. The molecule has 0 aromatic carbocycles. The Morgan fingerprint density at radius 1 is 1.26 bits per heavy atom. The van der Waals surface area contributed by atoms with E-state index in [2.05, 4.69) is 46.3 Å². The maximum atomic E-state index is 11.7. The lowest BCUT2D eigenvalue weighted by molar-refractivity contribution is 0.0516. The molecule has 8 nitrogen and oxygen atoms in total. The molecule has 0 aliphatic carbocycles. The number of nitrogens with two attached hydrogens (primary N) is 1. The smallest absolute Gasteiger partial charge is 0.407 e. The first-order chi connectivity index (χ1) is 12.4. The number of aromatic nitrogens is 2. The molecule has 1 aliphatic heterocycles. The van der Waals surface area contributed by atoms with Crippen molar-refractivity contribution >= 4 is 23.7 Å². The molecule has 1 aliphatic rings. The van der Waals surface area contributed by atoms with Crippen LogP contribution in [0.1, 0.15) is 48.0 Å². The number of carbonyl (C=O) groups excluding carboxylic acids is 1. The average Bonchev–Trinajstić information content (AvgIpc) is 2.41. The maximum absolute atomic E-state index is 11.7. The number of nitrogens with one attached hydrogen (secondary N) is 2. The van der Waals surface area contributed by atoms with Crippen molar-refractivity contribution in [2.24, 2.45) is 11.3 Å². The van der Waals surface area contributed by atoms with Gasteiger partial charge in [0, 0.05) is 38.2 Å². The zero-order chi connectivity index (χ0) is 20.2. The third-order valence-corrected chi connectivity index (χ3v) is 4.13. The summed E-state index contributed by atoms with van der Waals surface area (Å²) < 4.78 is 5.25. The van der Waals surface area contributed by atoms with Gasteiger partial charge in [0.05, 0.1) is 0 Å². The molecule has 1 amide bonds. The summed E-state index contributed by atoms with van der Waals surface area (Å²) in [6, 6.07) is 1.93. The van der Waals surface area contributed by atoms with Crippen molar-refractivity contribution in [3.8, 4) is 0 Å². The summed E-state index contributed by atoms with van der Waals surface area (Å²) in [5.74, 6) is 2.19. The Labute approximate surface area is 162 Å². The molecular formula is C19H34N6O2. The highest BCUT2D eigenvalue weighted by atomic mass is 16.6. The summed E-state index contributed by atoms with van der Waals surface area (Å²) in [7, 11) is 0. The Morgan fingerprint density at radius 2 is 1.93 bits per heavy atom. The van der Waals surface area contributed by atoms with Crippen molar-refractivity contribution in [2.45, 2.75) is 53.6 Å². The van der Waals surface area contributed by atoms with Crippen LogP contribution in [-0.4, -0.2) is 47.8 Å². The zero-order valence-electron chi connectivity index (χ0n) is 17.4. The van der Waals surface area contributed by atoms with E-state index in [1.54, 1.807) is 0 Å². The van der Waals surface area contributed by atoms with Gasteiger partial charge >= 0.3 is 6.09 Å². The summed E-state index contributed by atoms with van der Waals surface area (Å²) in [6.45, 7) is 15.2. The van der Waals surface area contributed by atoms with Crippen molar-refractivity contribution in [2.75, 3.05) is 42.1 Å². The molecular weight excluding hydrogens is 344 g/mol. The number of hydrogen-bond donors (Lipinski definition) is 3. The van der Waals surface area contributed by atoms with Crippen LogP contribution in [0.3, 0.4) is 0 Å². The number of nitrogens with zero attached hydrogens (tertiary/aromatic N) is 3. The van der Waals surface area contributed by atoms with E-state index in [0.29, 0.717) is 12.5 Å². The lowest BCUT2D eigenvalue weighted by Gasteiger charge is -2.40. The summed E-state index contributed by atoms with van der Waals surface area (Å²) in [5, 5.41) is 6.15. The van der Waals surface area contributed by atoms with Crippen molar-refractivity contribution in [1.82, 2.24) is 15.3 Å². The fraction of sp³-hybridized carbons (Fsp3) is 0.737. The summed E-state index contributed by atoms with van der Waals surface area (Å²) >= 11 is 0. The van der Waals surface area contributed by atoms with Crippen LogP contribution < -0.4 is 21.3 Å². The van der Waals surface area contributed by atoms with Crippen LogP contribution in [0.15, 0.2) is 6.07 Å². The summed E-state index contributed by atoms with van der Waals surface area (Å²) in [5.41, 5.74) is 5.65. The molecule has 1 saturated heterocycles. The Bertz CT molecular complexity index is 645. The predicted molar refractivity (Wildman–Crippen MR) is 109 cm³/mol. The Morgan fingerprint density at radius 3 is 2.52 bits per heavy atom. The molecule has 152 valence electrons. The van der Waals surface area contributed by atoms with E-state index in [1.165, 1.54) is 0 Å². The van der Waals surface area contributed by atoms with Gasteiger partial charge < -0.3 is 26.0 Å². The molecule has 1 aromatic heterocycles. The van der Waals surface area contributed by atoms with E-state index < -0.39 is 5.60 Å². The van der Waals surface area contributed by atoms with Crippen molar-refractivity contribution in [1.29, 1.82) is 0 Å². The third-order valence-electron chi connectivity index (χ3n) is 4.13. The van der Waals surface area contributed by atoms with Crippen LogP contribution in [0.5, 0.6) is 0 Å². The second kappa shape index (κ2) is 8.19. The van der Waals surface area contributed by atoms with Crippen molar-refractivity contribution in [3.05, 3.63) is 6.07 Å². The molecule has 0 bridgehead atoms. The number of amides is 1. The molecule has 0 unspecified atom stereocenters. The summed E-state index contributed by atoms with van der Waals surface area (Å²) in [6.07, 6.45) is 0.659. The molecule has 2 rings (SSSR count). The molecule has 1 fully saturated rings. The number of ether oxygens (including phenoxy) is 1. The normalized spacial score (nSPS) is 15.3. The molecule has 0 spiro atoms. The van der Waals surface area contributed by atoms with Gasteiger partial charge in [-0.25, -0.2) is 4.79 Å². The van der Waals surface area contributed by atoms with E-state index >= 15 is 0 Å². The third kappa shape index (κ3) is 7.48. The minimum Gasteiger partial charge on any atom is -0.444 e. The molecule has 27 heavy (non-hydrogen) atoms. The van der Waals surface area contributed by atoms with Crippen LogP contribution >= 0.6 is 0 Å². The summed E-state index contributed by atoms with van der Waals surface area (Å²) in [4.78, 5) is 22.4. The Balaban J connectivity index is 1.80. The van der Waals surface area contributed by atoms with E-state index in [4.69, 9.17) is 10.5 Å².